The van der Waals surface area contributed by atoms with E-state index in [4.69, 9.17) is 10.5 Å². The van der Waals surface area contributed by atoms with E-state index in [1.54, 1.807) is 6.07 Å². The lowest BCUT2D eigenvalue weighted by atomic mass is 10.1. The van der Waals surface area contributed by atoms with Crippen LogP contribution in [0.5, 0.6) is 11.5 Å². The van der Waals surface area contributed by atoms with E-state index >= 15 is 0 Å². The maximum absolute atomic E-state index is 8.90. The van der Waals surface area contributed by atoms with E-state index < -0.39 is 0 Å². The second-order valence-electron chi connectivity index (χ2n) is 3.94. The molecule has 0 amide bonds. The van der Waals surface area contributed by atoms with Gasteiger partial charge in [0.25, 0.3) is 0 Å². The Kier molecular flexibility index (Phi) is 2.24. The lowest BCUT2D eigenvalue weighted by Gasteiger charge is -2.08. The summed E-state index contributed by atoms with van der Waals surface area (Å²) < 4.78 is 0. The van der Waals surface area contributed by atoms with Crippen molar-refractivity contribution in [2.75, 3.05) is 0 Å². The van der Waals surface area contributed by atoms with Crippen LogP contribution in [0.25, 0.3) is 11.1 Å². The van der Waals surface area contributed by atoms with Crippen molar-refractivity contribution in [1.29, 1.82) is 0 Å². The van der Waals surface area contributed by atoms with Crippen molar-refractivity contribution in [3.8, 4) is 22.6 Å². The summed E-state index contributed by atoms with van der Waals surface area (Å²) in [5.41, 5.74) is 4.09. The minimum atomic E-state index is 0.110. The molecule has 0 saturated heterocycles. The van der Waals surface area contributed by atoms with Crippen LogP contribution < -0.4 is 9.78 Å². The molecule has 86 valence electrons. The van der Waals surface area contributed by atoms with Gasteiger partial charge in [-0.05, 0) is 28.8 Å². The molecule has 3 rings (SSSR count). The highest BCUT2D eigenvalue weighted by atomic mass is 17.1. The zero-order valence-corrected chi connectivity index (χ0v) is 8.88. The standard InChI is InChI=1S/C13H10O4/c14-16-12-6-5-10-9-4-2-1-3-8(9)7-11(10)13(12)17-15/h1-6,14-15H,7H2. The predicted molar refractivity (Wildman–Crippen MR) is 61.2 cm³/mol. The van der Waals surface area contributed by atoms with Gasteiger partial charge in [-0.1, -0.05) is 24.3 Å². The first-order valence-electron chi connectivity index (χ1n) is 5.22. The summed E-state index contributed by atoms with van der Waals surface area (Å²) in [6, 6.07) is 11.4. The van der Waals surface area contributed by atoms with E-state index in [1.165, 1.54) is 0 Å². The molecule has 2 aromatic rings. The van der Waals surface area contributed by atoms with Gasteiger partial charge in [-0.3, -0.25) is 0 Å². The Morgan fingerprint density at radius 2 is 1.71 bits per heavy atom. The summed E-state index contributed by atoms with van der Waals surface area (Å²) in [7, 11) is 0. The molecule has 0 spiro atoms. The largest absolute Gasteiger partial charge is 0.336 e. The molecule has 2 N–H and O–H groups in total. The number of benzene rings is 2. The van der Waals surface area contributed by atoms with Crippen molar-refractivity contribution in [3.63, 3.8) is 0 Å². The Morgan fingerprint density at radius 1 is 0.882 bits per heavy atom. The van der Waals surface area contributed by atoms with E-state index in [0.717, 1.165) is 22.3 Å². The Hall–Kier alpha value is -2.04. The molecule has 2 aromatic carbocycles. The molecule has 1 aliphatic rings. The first kappa shape index (κ1) is 10.1. The minimum absolute atomic E-state index is 0.110. The zero-order chi connectivity index (χ0) is 11.8. The summed E-state index contributed by atoms with van der Waals surface area (Å²) in [5.74, 6) is 0.278. The van der Waals surface area contributed by atoms with Gasteiger partial charge >= 0.3 is 0 Å². The Balaban J connectivity index is 2.24. The van der Waals surface area contributed by atoms with Crippen LogP contribution in [-0.4, -0.2) is 10.5 Å². The second-order valence-corrected chi connectivity index (χ2v) is 3.94. The molecule has 0 radical (unpaired) electrons. The average molecular weight is 230 g/mol. The third-order valence-electron chi connectivity index (χ3n) is 3.09. The second kappa shape index (κ2) is 3.76. The van der Waals surface area contributed by atoms with Crippen molar-refractivity contribution in [1.82, 2.24) is 0 Å². The monoisotopic (exact) mass is 230 g/mol. The summed E-state index contributed by atoms with van der Waals surface area (Å²) >= 11 is 0. The Bertz CT molecular complexity index is 578. The fourth-order valence-electron chi connectivity index (χ4n) is 2.33. The molecule has 0 bridgehead atoms. The molecular weight excluding hydrogens is 220 g/mol. The summed E-state index contributed by atoms with van der Waals surface area (Å²) in [6.45, 7) is 0. The average Bonchev–Trinajstić information content (AvgIpc) is 2.75. The fourth-order valence-corrected chi connectivity index (χ4v) is 2.33. The van der Waals surface area contributed by atoms with Crippen molar-refractivity contribution in [2.24, 2.45) is 0 Å². The maximum Gasteiger partial charge on any atom is 0.215 e. The van der Waals surface area contributed by atoms with Gasteiger partial charge in [-0.25, -0.2) is 10.5 Å². The van der Waals surface area contributed by atoms with Crippen LogP contribution in [0.4, 0.5) is 0 Å². The van der Waals surface area contributed by atoms with Gasteiger partial charge in [0.1, 0.15) is 0 Å². The minimum Gasteiger partial charge on any atom is -0.336 e. The van der Waals surface area contributed by atoms with E-state index in [0.29, 0.717) is 6.42 Å². The quantitative estimate of drug-likeness (QED) is 0.525. The molecule has 1 aliphatic carbocycles. The number of rotatable bonds is 2. The number of fused-ring (bicyclic) bond motifs is 3. The smallest absolute Gasteiger partial charge is 0.215 e. The summed E-state index contributed by atoms with van der Waals surface area (Å²) in [5, 5.41) is 17.6. The topological polar surface area (TPSA) is 58.9 Å². The molecule has 0 heterocycles. The third kappa shape index (κ3) is 1.39. The van der Waals surface area contributed by atoms with Crippen LogP contribution in [0.3, 0.4) is 0 Å². The molecule has 4 nitrogen and oxygen atoms in total. The van der Waals surface area contributed by atoms with Crippen LogP contribution in [0, 0.1) is 0 Å². The maximum atomic E-state index is 8.90. The fraction of sp³-hybridized carbons (Fsp3) is 0.0769. The third-order valence-corrected chi connectivity index (χ3v) is 3.09. The van der Waals surface area contributed by atoms with Crippen molar-refractivity contribution >= 4 is 0 Å². The predicted octanol–water partition coefficient (Wildman–Crippen LogP) is 2.96. The van der Waals surface area contributed by atoms with E-state index in [9.17, 15) is 0 Å². The molecule has 0 fully saturated rings. The molecule has 0 aromatic heterocycles. The number of hydrogen-bond acceptors (Lipinski definition) is 4. The van der Waals surface area contributed by atoms with Gasteiger partial charge < -0.3 is 9.78 Å². The first-order valence-corrected chi connectivity index (χ1v) is 5.22. The van der Waals surface area contributed by atoms with Crippen LogP contribution in [0.2, 0.25) is 0 Å². The molecule has 4 heteroatoms. The highest BCUT2D eigenvalue weighted by Crippen LogP contribution is 2.44. The molecule has 0 unspecified atom stereocenters. The van der Waals surface area contributed by atoms with Gasteiger partial charge in [0, 0.05) is 12.0 Å². The highest BCUT2D eigenvalue weighted by Gasteiger charge is 2.25. The SMILES string of the molecule is OOc1ccc2c(c1OO)Cc1ccccc1-2. The Labute approximate surface area is 97.5 Å². The number of hydrogen-bond donors (Lipinski definition) is 2. The summed E-state index contributed by atoms with van der Waals surface area (Å²) in [6.07, 6.45) is 0.651. The molecule has 17 heavy (non-hydrogen) atoms. The van der Waals surface area contributed by atoms with Crippen LogP contribution in [0.1, 0.15) is 11.1 Å². The molecule has 0 atom stereocenters. The molecular formula is C13H10O4. The van der Waals surface area contributed by atoms with Crippen molar-refractivity contribution in [2.45, 2.75) is 6.42 Å². The van der Waals surface area contributed by atoms with E-state index in [2.05, 4.69) is 9.78 Å². The van der Waals surface area contributed by atoms with Crippen molar-refractivity contribution < 1.29 is 20.3 Å². The lowest BCUT2D eigenvalue weighted by molar-refractivity contribution is -0.164. The normalized spacial score (nSPS) is 11.9. The highest BCUT2D eigenvalue weighted by molar-refractivity contribution is 5.80. The van der Waals surface area contributed by atoms with Crippen LogP contribution >= 0.6 is 0 Å². The Morgan fingerprint density at radius 3 is 2.47 bits per heavy atom. The van der Waals surface area contributed by atoms with Gasteiger partial charge in [0.2, 0.25) is 11.5 Å². The zero-order valence-electron chi connectivity index (χ0n) is 8.88. The lowest BCUT2D eigenvalue weighted by Crippen LogP contribution is -1.95. The molecule has 0 saturated carbocycles. The molecule has 0 aliphatic heterocycles. The van der Waals surface area contributed by atoms with E-state index in [-0.39, 0.29) is 11.5 Å². The van der Waals surface area contributed by atoms with Crippen LogP contribution in [-0.2, 0) is 6.42 Å². The van der Waals surface area contributed by atoms with Crippen LogP contribution in [0.15, 0.2) is 36.4 Å². The van der Waals surface area contributed by atoms with Gasteiger partial charge in [-0.2, -0.15) is 0 Å². The van der Waals surface area contributed by atoms with E-state index in [1.807, 2.05) is 30.3 Å². The first-order chi connectivity index (χ1) is 8.35. The van der Waals surface area contributed by atoms with Gasteiger partial charge in [0.05, 0.1) is 0 Å². The van der Waals surface area contributed by atoms with Gasteiger partial charge in [0.15, 0.2) is 0 Å². The van der Waals surface area contributed by atoms with Gasteiger partial charge in [-0.15, -0.1) is 0 Å². The van der Waals surface area contributed by atoms with Crippen molar-refractivity contribution in [3.05, 3.63) is 47.5 Å². The summed E-state index contributed by atoms with van der Waals surface area (Å²) in [4.78, 5) is 8.50.